The van der Waals surface area contributed by atoms with Crippen molar-refractivity contribution >= 4 is 18.2 Å². The number of hydrogen-bond acceptors (Lipinski definition) is 0. The van der Waals surface area contributed by atoms with Crippen LogP contribution in [-0.2, 0) is 0 Å². The molecule has 0 bridgehead atoms. The first-order chi connectivity index (χ1) is 6.86. The third-order valence-corrected chi connectivity index (χ3v) is 2.50. The monoisotopic (exact) mass is 216 g/mol. The van der Waals surface area contributed by atoms with E-state index in [9.17, 15) is 0 Å². The van der Waals surface area contributed by atoms with Crippen molar-refractivity contribution in [3.05, 3.63) is 60.2 Å². The molecule has 0 aromatic heterocycles. The Morgan fingerprint density at radius 2 is 1.31 bits per heavy atom. The molecule has 0 atom stereocenters. The van der Waals surface area contributed by atoms with E-state index < -0.39 is 0 Å². The molecule has 2 nitrogen and oxygen atoms in total. The van der Waals surface area contributed by atoms with Gasteiger partial charge in [-0.2, -0.15) is 0 Å². The van der Waals surface area contributed by atoms with Crippen molar-refractivity contribution in [2.24, 2.45) is 0 Å². The SMILES string of the molecule is Cc1ccccc1Bc1ccccc1.O.O. The van der Waals surface area contributed by atoms with Crippen molar-refractivity contribution in [2.75, 3.05) is 0 Å². The van der Waals surface area contributed by atoms with Gasteiger partial charge >= 0.3 is 0 Å². The highest BCUT2D eigenvalue weighted by Gasteiger charge is 2.00. The van der Waals surface area contributed by atoms with E-state index in [0.29, 0.717) is 0 Å². The molecule has 0 unspecified atom stereocenters. The summed E-state index contributed by atoms with van der Waals surface area (Å²) in [6.07, 6.45) is 0. The molecule has 2 aromatic rings. The molecule has 16 heavy (non-hydrogen) atoms. The molecule has 2 aromatic carbocycles. The summed E-state index contributed by atoms with van der Waals surface area (Å²) in [5.74, 6) is 0. The summed E-state index contributed by atoms with van der Waals surface area (Å²) in [6.45, 7) is 2.16. The van der Waals surface area contributed by atoms with Crippen molar-refractivity contribution in [2.45, 2.75) is 6.92 Å². The van der Waals surface area contributed by atoms with E-state index in [2.05, 4.69) is 61.5 Å². The Kier molecular flexibility index (Phi) is 6.15. The Balaban J connectivity index is 0.00000112. The average molecular weight is 216 g/mol. The molecule has 0 saturated carbocycles. The van der Waals surface area contributed by atoms with Crippen LogP contribution in [0.4, 0.5) is 0 Å². The zero-order valence-corrected chi connectivity index (χ0v) is 9.40. The van der Waals surface area contributed by atoms with Gasteiger partial charge in [0.05, 0.1) is 0 Å². The summed E-state index contributed by atoms with van der Waals surface area (Å²) in [5, 5.41) is 0. The third-order valence-electron chi connectivity index (χ3n) is 2.50. The molecule has 0 amide bonds. The molecule has 0 aliphatic rings. The number of rotatable bonds is 2. The fourth-order valence-corrected chi connectivity index (χ4v) is 1.62. The van der Waals surface area contributed by atoms with Crippen molar-refractivity contribution in [1.29, 1.82) is 0 Å². The lowest BCUT2D eigenvalue weighted by Gasteiger charge is -2.03. The lowest BCUT2D eigenvalue weighted by Crippen LogP contribution is -2.28. The number of aryl methyl sites for hydroxylation is 1. The zero-order valence-electron chi connectivity index (χ0n) is 9.40. The van der Waals surface area contributed by atoms with Gasteiger partial charge in [0.1, 0.15) is 0 Å². The van der Waals surface area contributed by atoms with Crippen LogP contribution in [0.5, 0.6) is 0 Å². The lowest BCUT2D eigenvalue weighted by molar-refractivity contribution is 0.823. The Morgan fingerprint density at radius 3 is 1.94 bits per heavy atom. The van der Waals surface area contributed by atoms with E-state index in [0.717, 1.165) is 7.28 Å². The van der Waals surface area contributed by atoms with Crippen molar-refractivity contribution in [1.82, 2.24) is 0 Å². The minimum atomic E-state index is 0. The fourth-order valence-electron chi connectivity index (χ4n) is 1.62. The van der Waals surface area contributed by atoms with Gasteiger partial charge in [-0.15, -0.1) is 0 Å². The summed E-state index contributed by atoms with van der Waals surface area (Å²) >= 11 is 0. The molecule has 0 saturated heterocycles. The third kappa shape index (κ3) is 3.53. The van der Waals surface area contributed by atoms with E-state index in [4.69, 9.17) is 0 Å². The van der Waals surface area contributed by atoms with Crippen molar-refractivity contribution in [3.8, 4) is 0 Å². The van der Waals surface area contributed by atoms with Crippen LogP contribution in [-0.4, -0.2) is 18.2 Å². The van der Waals surface area contributed by atoms with E-state index in [1.54, 1.807) is 0 Å². The van der Waals surface area contributed by atoms with Crippen LogP contribution in [0.1, 0.15) is 5.56 Å². The Bertz CT molecular complexity index is 415. The standard InChI is InChI=1S/C13H13B.2H2O/c1-11-7-5-6-10-13(11)14-12-8-3-2-4-9-12;;/h2-10,14H,1H3;2*1H2. The van der Waals surface area contributed by atoms with Gasteiger partial charge in [-0.25, -0.2) is 0 Å². The highest BCUT2D eigenvalue weighted by molar-refractivity contribution is 6.67. The molecule has 0 spiro atoms. The minimum Gasteiger partial charge on any atom is -0.412 e. The summed E-state index contributed by atoms with van der Waals surface area (Å²) < 4.78 is 0. The minimum absolute atomic E-state index is 0. The van der Waals surface area contributed by atoms with Gasteiger partial charge in [-0.1, -0.05) is 71.1 Å². The molecule has 4 N–H and O–H groups in total. The van der Waals surface area contributed by atoms with Crippen LogP contribution in [0.25, 0.3) is 0 Å². The highest BCUT2D eigenvalue weighted by Crippen LogP contribution is 1.92. The first-order valence-electron chi connectivity index (χ1n) is 4.95. The highest BCUT2D eigenvalue weighted by atomic mass is 16.0. The predicted octanol–water partition coefficient (Wildman–Crippen LogP) is -0.267. The molecule has 2 rings (SSSR count). The molecule has 3 heteroatoms. The Morgan fingerprint density at radius 1 is 0.750 bits per heavy atom. The molecule has 0 aliphatic carbocycles. The van der Waals surface area contributed by atoms with Crippen molar-refractivity contribution < 1.29 is 11.0 Å². The fraction of sp³-hybridized carbons (Fsp3) is 0.0769. The normalized spacial score (nSPS) is 8.56. The molecule has 84 valence electrons. The molecule has 0 aliphatic heterocycles. The summed E-state index contributed by atoms with van der Waals surface area (Å²) in [5.41, 5.74) is 4.16. The number of benzene rings is 2. The van der Waals surface area contributed by atoms with Gasteiger partial charge in [-0.3, -0.25) is 0 Å². The maximum atomic E-state index is 2.20. The maximum Gasteiger partial charge on any atom is 0.192 e. The van der Waals surface area contributed by atoms with Gasteiger partial charge in [0, 0.05) is 0 Å². The van der Waals surface area contributed by atoms with E-state index in [-0.39, 0.29) is 11.0 Å². The topological polar surface area (TPSA) is 63.0 Å². The lowest BCUT2D eigenvalue weighted by atomic mass is 9.63. The molecule has 0 fully saturated rings. The van der Waals surface area contributed by atoms with Crippen LogP contribution in [0.2, 0.25) is 0 Å². The second-order valence-electron chi connectivity index (χ2n) is 3.59. The Labute approximate surface area is 96.8 Å². The van der Waals surface area contributed by atoms with Gasteiger partial charge in [0.15, 0.2) is 7.28 Å². The van der Waals surface area contributed by atoms with Crippen molar-refractivity contribution in [3.63, 3.8) is 0 Å². The number of hydrogen-bond donors (Lipinski definition) is 0. The second-order valence-corrected chi connectivity index (χ2v) is 3.59. The van der Waals surface area contributed by atoms with Gasteiger partial charge in [-0.05, 0) is 6.92 Å². The summed E-state index contributed by atoms with van der Waals surface area (Å²) in [6, 6.07) is 19.1. The van der Waals surface area contributed by atoms with E-state index in [1.165, 1.54) is 16.5 Å². The molecule has 0 radical (unpaired) electrons. The first-order valence-corrected chi connectivity index (χ1v) is 4.95. The van der Waals surface area contributed by atoms with Crippen LogP contribution < -0.4 is 10.9 Å². The maximum absolute atomic E-state index is 2.20. The largest absolute Gasteiger partial charge is 0.412 e. The van der Waals surface area contributed by atoms with E-state index in [1.807, 2.05) is 0 Å². The van der Waals surface area contributed by atoms with Gasteiger partial charge in [0.2, 0.25) is 0 Å². The van der Waals surface area contributed by atoms with Crippen LogP contribution >= 0.6 is 0 Å². The smallest absolute Gasteiger partial charge is 0.192 e. The summed E-state index contributed by atoms with van der Waals surface area (Å²) in [4.78, 5) is 0. The van der Waals surface area contributed by atoms with Crippen LogP contribution in [0.3, 0.4) is 0 Å². The van der Waals surface area contributed by atoms with Crippen LogP contribution in [0.15, 0.2) is 54.6 Å². The Hall–Kier alpha value is -1.58. The van der Waals surface area contributed by atoms with Gasteiger partial charge < -0.3 is 11.0 Å². The summed E-state index contributed by atoms with van der Waals surface area (Å²) in [7, 11) is 1.04. The van der Waals surface area contributed by atoms with E-state index >= 15 is 0 Å². The first kappa shape index (κ1) is 14.4. The predicted molar refractivity (Wildman–Crippen MR) is 71.3 cm³/mol. The zero-order chi connectivity index (χ0) is 9.80. The molecular weight excluding hydrogens is 199 g/mol. The average Bonchev–Trinajstić information content (AvgIpc) is 2.23. The van der Waals surface area contributed by atoms with Gasteiger partial charge in [0.25, 0.3) is 0 Å². The quantitative estimate of drug-likeness (QED) is 0.620. The van der Waals surface area contributed by atoms with Crippen LogP contribution in [0, 0.1) is 6.92 Å². The second kappa shape index (κ2) is 6.83. The molecule has 0 heterocycles. The molecular formula is C13H17BO2.